The number of anilines is 1. The van der Waals surface area contributed by atoms with Crippen molar-refractivity contribution < 1.29 is 22.7 Å². The number of nitrogens with one attached hydrogen (secondary N) is 1. The Balaban J connectivity index is 1.67. The Labute approximate surface area is 254 Å². The zero-order chi connectivity index (χ0) is 30.8. The molecule has 8 nitrogen and oxygen atoms in total. The summed E-state index contributed by atoms with van der Waals surface area (Å²) in [5.41, 5.74) is 1.11. The third-order valence-electron chi connectivity index (χ3n) is 6.76. The molecule has 0 saturated carbocycles. The minimum Gasteiger partial charge on any atom is -0.457 e. The van der Waals surface area contributed by atoms with E-state index in [2.05, 4.69) is 5.32 Å². The molecule has 4 aromatic carbocycles. The van der Waals surface area contributed by atoms with Crippen molar-refractivity contribution in [2.24, 2.45) is 5.92 Å². The van der Waals surface area contributed by atoms with E-state index >= 15 is 0 Å². The predicted octanol–water partition coefficient (Wildman–Crippen LogP) is 5.86. The number of para-hydroxylation sites is 1. The van der Waals surface area contributed by atoms with Crippen LogP contribution >= 0.6 is 0 Å². The minimum absolute atomic E-state index is 0.0461. The first-order valence-electron chi connectivity index (χ1n) is 14.2. The van der Waals surface area contributed by atoms with Gasteiger partial charge in [0.2, 0.25) is 11.8 Å². The van der Waals surface area contributed by atoms with Gasteiger partial charge in [-0.1, -0.05) is 80.6 Å². The highest BCUT2D eigenvalue weighted by molar-refractivity contribution is 7.92. The Bertz CT molecular complexity index is 1580. The lowest BCUT2D eigenvalue weighted by atomic mass is 10.1. The quantitative estimate of drug-likeness (QED) is 0.208. The van der Waals surface area contributed by atoms with Gasteiger partial charge in [-0.3, -0.25) is 13.9 Å². The second-order valence-corrected chi connectivity index (χ2v) is 12.4. The van der Waals surface area contributed by atoms with Crippen molar-refractivity contribution in [2.75, 3.05) is 17.4 Å². The molecule has 2 amide bonds. The summed E-state index contributed by atoms with van der Waals surface area (Å²) in [5, 5.41) is 2.89. The summed E-state index contributed by atoms with van der Waals surface area (Å²) in [7, 11) is -4.15. The van der Waals surface area contributed by atoms with Gasteiger partial charge < -0.3 is 15.0 Å². The van der Waals surface area contributed by atoms with E-state index in [1.54, 1.807) is 49.4 Å². The summed E-state index contributed by atoms with van der Waals surface area (Å²) in [6, 6.07) is 32.2. The molecule has 4 rings (SSSR count). The van der Waals surface area contributed by atoms with Crippen LogP contribution in [-0.2, 0) is 26.2 Å². The molecule has 0 bridgehead atoms. The van der Waals surface area contributed by atoms with Gasteiger partial charge in [-0.15, -0.1) is 0 Å². The highest BCUT2D eigenvalue weighted by Crippen LogP contribution is 2.28. The van der Waals surface area contributed by atoms with Crippen LogP contribution < -0.4 is 14.4 Å². The van der Waals surface area contributed by atoms with E-state index in [0.717, 1.165) is 9.87 Å². The monoisotopic (exact) mass is 599 g/mol. The van der Waals surface area contributed by atoms with Crippen molar-refractivity contribution in [2.45, 2.75) is 38.3 Å². The number of benzene rings is 4. The fraction of sp³-hybridized carbons (Fsp3) is 0.235. The van der Waals surface area contributed by atoms with Crippen molar-refractivity contribution in [1.82, 2.24) is 10.2 Å². The average Bonchev–Trinajstić information content (AvgIpc) is 3.02. The zero-order valence-corrected chi connectivity index (χ0v) is 25.4. The molecule has 0 aliphatic heterocycles. The molecule has 9 heteroatoms. The van der Waals surface area contributed by atoms with Crippen LogP contribution in [0.5, 0.6) is 11.5 Å². The van der Waals surface area contributed by atoms with Gasteiger partial charge in [-0.2, -0.15) is 0 Å². The Hall–Kier alpha value is -4.63. The first kappa shape index (κ1) is 31.3. The summed E-state index contributed by atoms with van der Waals surface area (Å²) < 4.78 is 34.9. The lowest BCUT2D eigenvalue weighted by Gasteiger charge is -2.32. The Morgan fingerprint density at radius 2 is 1.28 bits per heavy atom. The molecular formula is C34H37N3O5S. The number of carbonyl (C=O) groups is 2. The average molecular weight is 600 g/mol. The molecule has 1 atom stereocenters. The Kier molecular flexibility index (Phi) is 10.6. The summed E-state index contributed by atoms with van der Waals surface area (Å²) in [6.07, 6.45) is 0. The fourth-order valence-electron chi connectivity index (χ4n) is 4.37. The van der Waals surface area contributed by atoms with Crippen LogP contribution in [-0.4, -0.2) is 44.3 Å². The second-order valence-electron chi connectivity index (χ2n) is 10.6. The third kappa shape index (κ3) is 8.45. The molecule has 0 heterocycles. The van der Waals surface area contributed by atoms with E-state index < -0.39 is 28.5 Å². The molecule has 4 aromatic rings. The van der Waals surface area contributed by atoms with E-state index in [9.17, 15) is 18.0 Å². The smallest absolute Gasteiger partial charge is 0.264 e. The van der Waals surface area contributed by atoms with Crippen molar-refractivity contribution in [1.29, 1.82) is 0 Å². The van der Waals surface area contributed by atoms with Crippen molar-refractivity contribution in [3.8, 4) is 11.5 Å². The maximum atomic E-state index is 14.0. The molecule has 0 spiro atoms. The molecule has 224 valence electrons. The number of hydrogen-bond donors (Lipinski definition) is 1. The van der Waals surface area contributed by atoms with Gasteiger partial charge in [0.15, 0.2) is 0 Å². The van der Waals surface area contributed by atoms with Gasteiger partial charge in [0, 0.05) is 13.1 Å². The van der Waals surface area contributed by atoms with E-state index in [-0.39, 0.29) is 29.0 Å². The van der Waals surface area contributed by atoms with Crippen molar-refractivity contribution >= 4 is 27.5 Å². The SMILES string of the molecule is CC(C)CNC(=O)[C@H](C)N(Cc1ccccc1)C(=O)CN(c1ccc(Oc2ccccc2)cc1)S(=O)(=O)c1ccccc1. The molecule has 0 saturated heterocycles. The van der Waals surface area contributed by atoms with E-state index in [4.69, 9.17) is 4.74 Å². The van der Waals surface area contributed by atoms with E-state index in [1.807, 2.05) is 74.5 Å². The van der Waals surface area contributed by atoms with Crippen LogP contribution in [0.15, 0.2) is 120 Å². The van der Waals surface area contributed by atoms with Gasteiger partial charge in [0.05, 0.1) is 10.6 Å². The molecule has 0 unspecified atom stereocenters. The van der Waals surface area contributed by atoms with Gasteiger partial charge >= 0.3 is 0 Å². The molecular weight excluding hydrogens is 562 g/mol. The standard InChI is InChI=1S/C34H37N3O5S/c1-26(2)23-35-34(39)27(3)36(24-28-13-7-4-8-14-28)33(38)25-37(43(40,41)32-17-11-6-12-18-32)29-19-21-31(22-20-29)42-30-15-9-5-10-16-30/h4-22,26-27H,23-25H2,1-3H3,(H,35,39)/t27-/m0/s1. The number of rotatable bonds is 13. The molecule has 0 radical (unpaired) electrons. The van der Waals surface area contributed by atoms with Crippen LogP contribution in [0.1, 0.15) is 26.3 Å². The highest BCUT2D eigenvalue weighted by Gasteiger charge is 2.32. The van der Waals surface area contributed by atoms with Crippen LogP contribution in [0.3, 0.4) is 0 Å². The maximum Gasteiger partial charge on any atom is 0.264 e. The van der Waals surface area contributed by atoms with Crippen LogP contribution in [0.2, 0.25) is 0 Å². The lowest BCUT2D eigenvalue weighted by molar-refractivity contribution is -0.139. The molecule has 0 aromatic heterocycles. The highest BCUT2D eigenvalue weighted by atomic mass is 32.2. The van der Waals surface area contributed by atoms with Crippen LogP contribution in [0.25, 0.3) is 0 Å². The van der Waals surface area contributed by atoms with Gasteiger partial charge in [0.25, 0.3) is 10.0 Å². The minimum atomic E-state index is -4.15. The number of hydrogen-bond acceptors (Lipinski definition) is 5. The molecule has 0 fully saturated rings. The maximum absolute atomic E-state index is 14.0. The molecule has 1 N–H and O–H groups in total. The summed E-state index contributed by atoms with van der Waals surface area (Å²) >= 11 is 0. The summed E-state index contributed by atoms with van der Waals surface area (Å²) in [6.45, 7) is 5.72. The summed E-state index contributed by atoms with van der Waals surface area (Å²) in [4.78, 5) is 28.6. The number of carbonyl (C=O) groups excluding carboxylic acids is 2. The fourth-order valence-corrected chi connectivity index (χ4v) is 5.80. The Morgan fingerprint density at radius 3 is 1.86 bits per heavy atom. The number of ether oxygens (including phenoxy) is 1. The molecule has 43 heavy (non-hydrogen) atoms. The zero-order valence-electron chi connectivity index (χ0n) is 24.6. The largest absolute Gasteiger partial charge is 0.457 e. The summed E-state index contributed by atoms with van der Waals surface area (Å²) in [5.74, 6) is 0.563. The van der Waals surface area contributed by atoms with E-state index in [1.165, 1.54) is 17.0 Å². The van der Waals surface area contributed by atoms with Crippen LogP contribution in [0.4, 0.5) is 5.69 Å². The number of amides is 2. The predicted molar refractivity (Wildman–Crippen MR) is 168 cm³/mol. The first-order valence-corrected chi connectivity index (χ1v) is 15.6. The van der Waals surface area contributed by atoms with Gasteiger partial charge in [-0.05, 0) is 66.9 Å². The van der Waals surface area contributed by atoms with E-state index in [0.29, 0.717) is 18.0 Å². The Morgan fingerprint density at radius 1 is 0.744 bits per heavy atom. The molecule has 0 aliphatic carbocycles. The molecule has 0 aliphatic rings. The lowest BCUT2D eigenvalue weighted by Crippen LogP contribution is -2.51. The van der Waals surface area contributed by atoms with Crippen LogP contribution in [0, 0.1) is 5.92 Å². The number of nitrogens with zero attached hydrogens (tertiary/aromatic N) is 2. The number of sulfonamides is 1. The second kappa shape index (κ2) is 14.5. The van der Waals surface area contributed by atoms with Crippen molar-refractivity contribution in [3.63, 3.8) is 0 Å². The van der Waals surface area contributed by atoms with Crippen molar-refractivity contribution in [3.05, 3.63) is 121 Å². The van der Waals surface area contributed by atoms with Gasteiger partial charge in [0.1, 0.15) is 24.1 Å². The normalized spacial score (nSPS) is 11.9. The third-order valence-corrected chi connectivity index (χ3v) is 8.55. The van der Waals surface area contributed by atoms with Gasteiger partial charge in [-0.25, -0.2) is 8.42 Å². The topological polar surface area (TPSA) is 96.0 Å². The first-order chi connectivity index (χ1) is 20.6.